The number of thiazole rings is 1. The molecule has 9 heteroatoms. The molecule has 0 unspecified atom stereocenters. The summed E-state index contributed by atoms with van der Waals surface area (Å²) in [4.78, 5) is 16.4. The van der Waals surface area contributed by atoms with Gasteiger partial charge in [-0.1, -0.05) is 11.6 Å². The van der Waals surface area contributed by atoms with Crippen LogP contribution in [0.1, 0.15) is 28.0 Å². The third kappa shape index (κ3) is 5.74. The molecule has 0 bridgehead atoms. The first kappa shape index (κ1) is 21.5. The van der Waals surface area contributed by atoms with Gasteiger partial charge in [0.25, 0.3) is 5.91 Å². The van der Waals surface area contributed by atoms with E-state index in [1.807, 2.05) is 6.92 Å². The van der Waals surface area contributed by atoms with Crippen LogP contribution in [0.15, 0.2) is 17.5 Å². The molecule has 1 heterocycles. The van der Waals surface area contributed by atoms with E-state index < -0.39 is 0 Å². The summed E-state index contributed by atoms with van der Waals surface area (Å²) in [6, 6.07) is 3.54. The highest BCUT2D eigenvalue weighted by Gasteiger charge is 2.14. The number of methoxy groups -OCH3 is 1. The Morgan fingerprint density at radius 2 is 2.20 bits per heavy atom. The minimum absolute atomic E-state index is 0. The highest BCUT2D eigenvalue weighted by molar-refractivity contribution is 7.09. The number of aromatic nitrogens is 1. The zero-order chi connectivity index (χ0) is 17.5. The fourth-order valence-corrected chi connectivity index (χ4v) is 3.17. The Labute approximate surface area is 162 Å². The Hall–Kier alpha value is -1.54. The second-order valence-electron chi connectivity index (χ2n) is 4.89. The van der Waals surface area contributed by atoms with Gasteiger partial charge in [0.1, 0.15) is 5.69 Å². The monoisotopic (exact) mass is 405 g/mol. The van der Waals surface area contributed by atoms with Crippen molar-refractivity contribution in [3.8, 4) is 11.5 Å². The summed E-state index contributed by atoms with van der Waals surface area (Å²) in [6.07, 6.45) is 0.670. The number of nitrogens with two attached hydrogens (primary N) is 1. The lowest BCUT2D eigenvalue weighted by atomic mass is 10.2. The lowest BCUT2D eigenvalue weighted by Gasteiger charge is -2.13. The van der Waals surface area contributed by atoms with Crippen molar-refractivity contribution in [1.82, 2.24) is 10.3 Å². The van der Waals surface area contributed by atoms with E-state index in [9.17, 15) is 4.79 Å². The van der Waals surface area contributed by atoms with Crippen LogP contribution < -0.4 is 20.5 Å². The van der Waals surface area contributed by atoms with Gasteiger partial charge < -0.3 is 20.5 Å². The van der Waals surface area contributed by atoms with Crippen molar-refractivity contribution in [3.63, 3.8) is 0 Å². The zero-order valence-electron chi connectivity index (χ0n) is 14.0. The number of amides is 1. The molecular formula is C16H21Cl2N3O3S. The van der Waals surface area contributed by atoms with Crippen LogP contribution in [-0.2, 0) is 13.0 Å². The summed E-state index contributed by atoms with van der Waals surface area (Å²) in [5, 5.41) is 5.85. The van der Waals surface area contributed by atoms with Crippen molar-refractivity contribution in [2.24, 2.45) is 5.73 Å². The van der Waals surface area contributed by atoms with Gasteiger partial charge in [-0.15, -0.1) is 23.7 Å². The molecule has 25 heavy (non-hydrogen) atoms. The van der Waals surface area contributed by atoms with E-state index in [1.165, 1.54) is 11.3 Å². The molecule has 6 nitrogen and oxygen atoms in total. The minimum Gasteiger partial charge on any atom is -0.493 e. The van der Waals surface area contributed by atoms with E-state index in [0.717, 1.165) is 10.6 Å². The number of halogens is 2. The number of carbonyl (C=O) groups is 1. The first-order valence-electron chi connectivity index (χ1n) is 7.50. The van der Waals surface area contributed by atoms with Gasteiger partial charge in [0, 0.05) is 18.3 Å². The van der Waals surface area contributed by atoms with E-state index in [2.05, 4.69) is 10.3 Å². The van der Waals surface area contributed by atoms with Crippen molar-refractivity contribution in [3.05, 3.63) is 38.8 Å². The summed E-state index contributed by atoms with van der Waals surface area (Å²) in [7, 11) is 1.55. The molecule has 0 saturated carbocycles. The topological polar surface area (TPSA) is 86.5 Å². The van der Waals surface area contributed by atoms with Crippen LogP contribution in [0.25, 0.3) is 0 Å². The second-order valence-corrected chi connectivity index (χ2v) is 6.24. The lowest BCUT2D eigenvalue weighted by molar-refractivity contribution is 0.0946. The number of benzene rings is 1. The van der Waals surface area contributed by atoms with Crippen molar-refractivity contribution in [2.75, 3.05) is 20.3 Å². The van der Waals surface area contributed by atoms with Crippen molar-refractivity contribution >= 4 is 41.3 Å². The van der Waals surface area contributed by atoms with Crippen molar-refractivity contribution < 1.29 is 14.3 Å². The molecule has 1 aromatic carbocycles. The number of rotatable bonds is 8. The Morgan fingerprint density at radius 3 is 2.84 bits per heavy atom. The summed E-state index contributed by atoms with van der Waals surface area (Å²) >= 11 is 7.65. The van der Waals surface area contributed by atoms with Crippen LogP contribution in [0.4, 0.5) is 0 Å². The van der Waals surface area contributed by atoms with E-state index in [-0.39, 0.29) is 18.3 Å². The minimum atomic E-state index is -0.238. The molecule has 0 aliphatic rings. The maximum Gasteiger partial charge on any atom is 0.271 e. The van der Waals surface area contributed by atoms with Gasteiger partial charge in [0.05, 0.1) is 23.7 Å². The van der Waals surface area contributed by atoms with E-state index >= 15 is 0 Å². The van der Waals surface area contributed by atoms with E-state index in [1.54, 1.807) is 24.6 Å². The molecular weight excluding hydrogens is 385 g/mol. The molecule has 0 aliphatic carbocycles. The Morgan fingerprint density at radius 1 is 1.44 bits per heavy atom. The first-order valence-corrected chi connectivity index (χ1v) is 8.76. The maximum absolute atomic E-state index is 12.2. The molecule has 0 atom stereocenters. The Bertz CT molecular complexity index is 710. The van der Waals surface area contributed by atoms with Crippen molar-refractivity contribution in [2.45, 2.75) is 19.9 Å². The average molecular weight is 406 g/mol. The molecule has 0 radical (unpaired) electrons. The van der Waals surface area contributed by atoms with Gasteiger partial charge in [-0.05, 0) is 31.2 Å². The largest absolute Gasteiger partial charge is 0.493 e. The predicted octanol–water partition coefficient (Wildman–Crippen LogP) is 3.06. The first-order chi connectivity index (χ1) is 11.6. The number of hydrogen-bond donors (Lipinski definition) is 2. The molecule has 2 rings (SSSR count). The van der Waals surface area contributed by atoms with Gasteiger partial charge in [0.15, 0.2) is 11.5 Å². The molecule has 138 valence electrons. The summed E-state index contributed by atoms with van der Waals surface area (Å²) in [5.41, 5.74) is 6.69. The number of carbonyl (C=O) groups excluding carboxylic acids is 1. The summed E-state index contributed by atoms with van der Waals surface area (Å²) < 4.78 is 10.8. The van der Waals surface area contributed by atoms with Crippen LogP contribution in [-0.4, -0.2) is 31.2 Å². The fraction of sp³-hybridized carbons (Fsp3) is 0.375. The molecule has 0 saturated heterocycles. The van der Waals surface area contributed by atoms with Gasteiger partial charge >= 0.3 is 0 Å². The normalized spacial score (nSPS) is 10.1. The molecule has 0 aliphatic heterocycles. The average Bonchev–Trinajstić information content (AvgIpc) is 3.04. The van der Waals surface area contributed by atoms with Gasteiger partial charge in [-0.3, -0.25) is 4.79 Å². The maximum atomic E-state index is 12.2. The molecule has 1 amide bonds. The Kier molecular flexibility index (Phi) is 8.99. The molecule has 3 N–H and O–H groups in total. The van der Waals surface area contributed by atoms with Crippen molar-refractivity contribution in [1.29, 1.82) is 0 Å². The SMILES string of the molecule is CCOc1c(Cl)cc(CNC(=O)c2csc(CCN)n2)cc1OC.Cl. The van der Waals surface area contributed by atoms with E-state index in [4.69, 9.17) is 26.8 Å². The second kappa shape index (κ2) is 10.5. The highest BCUT2D eigenvalue weighted by atomic mass is 35.5. The highest BCUT2D eigenvalue weighted by Crippen LogP contribution is 2.36. The molecule has 0 fully saturated rings. The van der Waals surface area contributed by atoms with Crippen LogP contribution in [0.5, 0.6) is 11.5 Å². The quantitative estimate of drug-likeness (QED) is 0.704. The van der Waals surface area contributed by atoms with Gasteiger partial charge in [-0.25, -0.2) is 4.98 Å². The lowest BCUT2D eigenvalue weighted by Crippen LogP contribution is -2.23. The smallest absolute Gasteiger partial charge is 0.271 e. The van der Waals surface area contributed by atoms with Gasteiger partial charge in [0.2, 0.25) is 0 Å². The molecule has 2 aromatic rings. The number of nitrogens with one attached hydrogen (secondary N) is 1. The predicted molar refractivity (Wildman–Crippen MR) is 102 cm³/mol. The van der Waals surface area contributed by atoms with Crippen LogP contribution in [0.3, 0.4) is 0 Å². The number of nitrogens with zero attached hydrogens (tertiary/aromatic N) is 1. The standard InChI is InChI=1S/C16H20ClN3O3S.ClH/c1-3-23-15-11(17)6-10(7-13(15)22-2)8-19-16(21)12-9-24-14(20-12)4-5-18;/h6-7,9H,3-5,8,18H2,1-2H3,(H,19,21);1H. The molecule has 0 spiro atoms. The van der Waals surface area contributed by atoms with Gasteiger partial charge in [-0.2, -0.15) is 0 Å². The molecule has 1 aromatic heterocycles. The third-order valence-corrected chi connectivity index (χ3v) is 4.36. The van der Waals surface area contributed by atoms with Crippen LogP contribution >= 0.6 is 35.3 Å². The number of hydrogen-bond acceptors (Lipinski definition) is 6. The fourth-order valence-electron chi connectivity index (χ4n) is 2.09. The number of ether oxygens (including phenoxy) is 2. The van der Waals surface area contributed by atoms with E-state index in [0.29, 0.717) is 48.3 Å². The Balaban J connectivity index is 0.00000312. The summed E-state index contributed by atoms with van der Waals surface area (Å²) in [5.74, 6) is 0.800. The summed E-state index contributed by atoms with van der Waals surface area (Å²) in [6.45, 7) is 3.18. The third-order valence-electron chi connectivity index (χ3n) is 3.17. The van der Waals surface area contributed by atoms with Crippen LogP contribution in [0.2, 0.25) is 5.02 Å². The zero-order valence-corrected chi connectivity index (χ0v) is 16.4. The van der Waals surface area contributed by atoms with Crippen LogP contribution in [0, 0.1) is 0 Å².